The van der Waals surface area contributed by atoms with Crippen LogP contribution in [0.5, 0.6) is 0 Å². The van der Waals surface area contributed by atoms with Crippen molar-refractivity contribution in [3.05, 3.63) is 11.6 Å². The number of rotatable bonds is 18. The number of carbonyl (C=O) groups excluding carboxylic acids is 2. The summed E-state index contributed by atoms with van der Waals surface area (Å²) in [7, 11) is 0. The quantitative estimate of drug-likeness (QED) is 0.0945. The molecule has 4 aliphatic carbocycles. The fourth-order valence-corrected chi connectivity index (χ4v) is 10.3. The van der Waals surface area contributed by atoms with Crippen molar-refractivity contribution in [2.45, 2.75) is 158 Å². The summed E-state index contributed by atoms with van der Waals surface area (Å²) in [6.45, 7) is 24.6. The Bertz CT molecular complexity index is 1140. The molecular weight excluding hydrogens is 668 g/mol. The number of aliphatic hydroxyl groups is 1. The van der Waals surface area contributed by atoms with E-state index in [2.05, 4.69) is 72.1 Å². The van der Waals surface area contributed by atoms with Gasteiger partial charge in [-0.2, -0.15) is 0 Å². The third kappa shape index (κ3) is 13.7. The lowest BCUT2D eigenvalue weighted by Gasteiger charge is -2.58. The zero-order valence-corrected chi connectivity index (χ0v) is 35.5. The summed E-state index contributed by atoms with van der Waals surface area (Å²) in [5.74, 6) is 5.79. The smallest absolute Gasteiger partial charge is 0.407 e. The van der Waals surface area contributed by atoms with E-state index in [4.69, 9.17) is 24.1 Å². The molecule has 0 heterocycles. The predicted molar refractivity (Wildman–Crippen MR) is 214 cm³/mol. The highest BCUT2D eigenvalue weighted by Gasteiger charge is 2.59. The second-order valence-corrected chi connectivity index (χ2v) is 19.0. The minimum absolute atomic E-state index is 0.0434. The SMILES string of the molecule is CC(C)C.CC(C)CCCC(C)C1CCC2C3CC=C4C[C@@H](OC(=O)NCCOCCOCCNC(=O)OC(C)(C)CCO)CC[C@]4(C)C3CC[C@]12C. The molecule has 5 unspecified atom stereocenters. The van der Waals surface area contributed by atoms with Crippen LogP contribution in [0.3, 0.4) is 0 Å². The van der Waals surface area contributed by atoms with Gasteiger partial charge in [-0.15, -0.1) is 0 Å². The Balaban J connectivity index is 0.00000180. The van der Waals surface area contributed by atoms with Crippen molar-refractivity contribution >= 4 is 12.2 Å². The molecule has 8 atom stereocenters. The van der Waals surface area contributed by atoms with Gasteiger partial charge in [-0.3, -0.25) is 0 Å². The Morgan fingerprint density at radius 3 is 2.13 bits per heavy atom. The first kappa shape index (κ1) is 45.5. The zero-order valence-electron chi connectivity index (χ0n) is 35.5. The van der Waals surface area contributed by atoms with Gasteiger partial charge < -0.3 is 34.7 Å². The Labute approximate surface area is 323 Å². The molecule has 9 nitrogen and oxygen atoms in total. The summed E-state index contributed by atoms with van der Waals surface area (Å²) < 4.78 is 22.2. The molecule has 2 amide bonds. The molecule has 3 fully saturated rings. The van der Waals surface area contributed by atoms with Crippen LogP contribution in [0.25, 0.3) is 0 Å². The summed E-state index contributed by atoms with van der Waals surface area (Å²) in [6, 6.07) is 0. The van der Waals surface area contributed by atoms with Gasteiger partial charge in [0.25, 0.3) is 0 Å². The molecule has 0 spiro atoms. The summed E-state index contributed by atoms with van der Waals surface area (Å²) in [5.41, 5.74) is 1.57. The molecule has 0 aromatic rings. The average Bonchev–Trinajstić information content (AvgIpc) is 3.42. The van der Waals surface area contributed by atoms with Crippen molar-refractivity contribution in [2.75, 3.05) is 46.1 Å². The van der Waals surface area contributed by atoms with E-state index in [1.54, 1.807) is 19.4 Å². The van der Waals surface area contributed by atoms with Gasteiger partial charge >= 0.3 is 12.2 Å². The molecule has 9 heteroatoms. The maximum Gasteiger partial charge on any atom is 0.407 e. The van der Waals surface area contributed by atoms with E-state index < -0.39 is 11.7 Å². The first-order valence-corrected chi connectivity index (χ1v) is 21.4. The van der Waals surface area contributed by atoms with Crippen LogP contribution in [0.1, 0.15) is 146 Å². The minimum Gasteiger partial charge on any atom is -0.446 e. The van der Waals surface area contributed by atoms with E-state index >= 15 is 0 Å². The van der Waals surface area contributed by atoms with Crippen LogP contribution in [0.2, 0.25) is 0 Å². The summed E-state index contributed by atoms with van der Waals surface area (Å²) in [5, 5.41) is 14.5. The monoisotopic (exact) mass is 749 g/mol. The van der Waals surface area contributed by atoms with Crippen LogP contribution in [-0.2, 0) is 18.9 Å². The number of alkyl carbamates (subject to hydrolysis) is 2. The summed E-state index contributed by atoms with van der Waals surface area (Å²) in [4.78, 5) is 24.4. The van der Waals surface area contributed by atoms with E-state index in [0.29, 0.717) is 51.4 Å². The maximum atomic E-state index is 12.6. The van der Waals surface area contributed by atoms with Gasteiger partial charge in [0.05, 0.1) is 26.4 Å². The number of ether oxygens (including phenoxy) is 4. The van der Waals surface area contributed by atoms with Crippen molar-refractivity contribution in [1.29, 1.82) is 0 Å². The molecule has 4 rings (SSSR count). The third-order valence-electron chi connectivity index (χ3n) is 13.0. The normalized spacial score (nSPS) is 29.9. The molecule has 0 bridgehead atoms. The molecule has 0 radical (unpaired) electrons. The lowest BCUT2D eigenvalue weighted by atomic mass is 9.47. The Morgan fingerprint density at radius 2 is 1.51 bits per heavy atom. The third-order valence-corrected chi connectivity index (χ3v) is 13.0. The number of nitrogens with one attached hydrogen (secondary N) is 2. The molecule has 0 aliphatic heterocycles. The Kier molecular flexibility index (Phi) is 18.4. The average molecular weight is 749 g/mol. The highest BCUT2D eigenvalue weighted by atomic mass is 16.6. The van der Waals surface area contributed by atoms with Gasteiger partial charge in [0.1, 0.15) is 11.7 Å². The van der Waals surface area contributed by atoms with Crippen molar-refractivity contribution in [3.63, 3.8) is 0 Å². The van der Waals surface area contributed by atoms with E-state index in [1.807, 2.05) is 0 Å². The van der Waals surface area contributed by atoms with Crippen molar-refractivity contribution in [2.24, 2.45) is 52.3 Å². The first-order valence-electron chi connectivity index (χ1n) is 21.4. The van der Waals surface area contributed by atoms with Gasteiger partial charge in [-0.1, -0.05) is 86.3 Å². The van der Waals surface area contributed by atoms with Crippen molar-refractivity contribution in [3.8, 4) is 0 Å². The number of fused-ring (bicyclic) bond motifs is 5. The zero-order chi connectivity index (χ0) is 39.2. The molecule has 0 saturated heterocycles. The number of amides is 2. The molecule has 308 valence electrons. The van der Waals surface area contributed by atoms with E-state index in [0.717, 1.165) is 60.7 Å². The summed E-state index contributed by atoms with van der Waals surface area (Å²) >= 11 is 0. The first-order chi connectivity index (χ1) is 25.0. The predicted octanol–water partition coefficient (Wildman–Crippen LogP) is 9.71. The van der Waals surface area contributed by atoms with Gasteiger partial charge in [0.2, 0.25) is 0 Å². The number of carbonyl (C=O) groups is 2. The lowest BCUT2D eigenvalue weighted by molar-refractivity contribution is -0.0581. The van der Waals surface area contributed by atoms with Gasteiger partial charge in [-0.05, 0) is 111 Å². The van der Waals surface area contributed by atoms with E-state index in [9.17, 15) is 9.59 Å². The molecule has 53 heavy (non-hydrogen) atoms. The van der Waals surface area contributed by atoms with Crippen LogP contribution < -0.4 is 10.6 Å². The molecule has 3 N–H and O–H groups in total. The van der Waals surface area contributed by atoms with Crippen molar-refractivity contribution < 1.29 is 33.6 Å². The maximum absolute atomic E-state index is 12.6. The summed E-state index contributed by atoms with van der Waals surface area (Å²) in [6.07, 6.45) is 15.8. The van der Waals surface area contributed by atoms with Crippen LogP contribution in [0.15, 0.2) is 11.6 Å². The second kappa shape index (κ2) is 21.5. The fourth-order valence-electron chi connectivity index (χ4n) is 10.3. The van der Waals surface area contributed by atoms with E-state index in [-0.39, 0.29) is 24.2 Å². The lowest BCUT2D eigenvalue weighted by Crippen LogP contribution is -2.51. The van der Waals surface area contributed by atoms with Gasteiger partial charge in [-0.25, -0.2) is 9.59 Å². The van der Waals surface area contributed by atoms with E-state index in [1.165, 1.54) is 51.4 Å². The van der Waals surface area contributed by atoms with Crippen molar-refractivity contribution in [1.82, 2.24) is 10.6 Å². The van der Waals surface area contributed by atoms with Crippen LogP contribution in [-0.4, -0.2) is 75.1 Å². The largest absolute Gasteiger partial charge is 0.446 e. The molecule has 0 aromatic carbocycles. The number of hydrogen-bond acceptors (Lipinski definition) is 7. The highest BCUT2D eigenvalue weighted by Crippen LogP contribution is 2.67. The molecule has 0 aromatic heterocycles. The Morgan fingerprint density at radius 1 is 0.868 bits per heavy atom. The molecular formula is C44H80N2O7. The number of hydrogen-bond donors (Lipinski definition) is 3. The molecule has 4 aliphatic rings. The van der Waals surface area contributed by atoms with Crippen LogP contribution >= 0.6 is 0 Å². The number of allylic oxidation sites excluding steroid dienone is 1. The van der Waals surface area contributed by atoms with Gasteiger partial charge in [0.15, 0.2) is 0 Å². The standard InChI is InChI=1S/C40H70N2O7.C4H10/c1-28(2)9-8-10-29(3)33-13-14-34-32-12-11-30-27-31(15-17-39(30,6)35(32)16-18-40(33,34)7)48-36(44)41-20-23-46-25-26-47-24-21-42-37(45)49-38(4,5)19-22-43;1-4(2)3/h11,28-29,31-35,43H,8-10,12-27H2,1-7H3,(H,41,44)(H,42,45);4H,1-3H3/t29?,31-,32?,33?,34?,35?,39-,40+;/m0./s1. The molecule has 3 saturated carbocycles. The van der Waals surface area contributed by atoms with Crippen LogP contribution in [0.4, 0.5) is 9.59 Å². The van der Waals surface area contributed by atoms with Gasteiger partial charge in [0, 0.05) is 32.5 Å². The fraction of sp³-hybridized carbons (Fsp3) is 0.909. The number of aliphatic hydroxyl groups excluding tert-OH is 1. The Hall–Kier alpha value is -1.84. The minimum atomic E-state index is -0.716. The van der Waals surface area contributed by atoms with Crippen LogP contribution in [0, 0.1) is 52.3 Å². The second-order valence-electron chi connectivity index (χ2n) is 19.0. The topological polar surface area (TPSA) is 115 Å². The highest BCUT2D eigenvalue weighted by molar-refractivity contribution is 5.67.